The molecule has 0 spiro atoms. The summed E-state index contributed by atoms with van der Waals surface area (Å²) in [5.74, 6) is 0.349. The monoisotopic (exact) mass is 323 g/mol. The summed E-state index contributed by atoms with van der Waals surface area (Å²) >= 11 is 1.51. The quantitative estimate of drug-likeness (QED) is 0.705. The summed E-state index contributed by atoms with van der Waals surface area (Å²) in [6.45, 7) is 6.70. The number of amides is 2. The Labute approximate surface area is 133 Å². The molecule has 3 heterocycles. The molecule has 3 rings (SSSR count). The van der Waals surface area contributed by atoms with Crippen molar-refractivity contribution in [2.45, 2.75) is 44.3 Å². The van der Waals surface area contributed by atoms with Crippen molar-refractivity contribution in [2.24, 2.45) is 0 Å². The minimum Gasteiger partial charge on any atom is -0.349 e. The van der Waals surface area contributed by atoms with Gasteiger partial charge >= 0.3 is 0 Å². The van der Waals surface area contributed by atoms with Crippen LogP contribution in [0.5, 0.6) is 0 Å². The maximum absolute atomic E-state index is 12.2. The number of fused-ring (bicyclic) bond motifs is 1. The van der Waals surface area contributed by atoms with Crippen molar-refractivity contribution in [3.05, 3.63) is 17.5 Å². The highest BCUT2D eigenvalue weighted by Gasteiger charge is 2.37. The first-order valence-electron chi connectivity index (χ1n) is 7.45. The van der Waals surface area contributed by atoms with Crippen LogP contribution in [-0.4, -0.2) is 44.7 Å². The molecule has 0 saturated carbocycles. The van der Waals surface area contributed by atoms with Gasteiger partial charge < -0.3 is 16.0 Å². The summed E-state index contributed by atoms with van der Waals surface area (Å²) in [5, 5.41) is 13.4. The van der Waals surface area contributed by atoms with E-state index < -0.39 is 10.8 Å². The lowest BCUT2D eigenvalue weighted by Crippen LogP contribution is -2.57. The van der Waals surface area contributed by atoms with Gasteiger partial charge in [-0.15, -0.1) is 11.8 Å². The van der Waals surface area contributed by atoms with Crippen LogP contribution in [0.25, 0.3) is 0 Å². The number of aromatic nitrogens is 2. The third-order valence-corrected chi connectivity index (χ3v) is 5.35. The van der Waals surface area contributed by atoms with E-state index in [1.165, 1.54) is 11.8 Å². The van der Waals surface area contributed by atoms with Crippen LogP contribution in [0.15, 0.2) is 6.07 Å². The van der Waals surface area contributed by atoms with E-state index >= 15 is 0 Å². The SMILES string of the molecule is CC1(C)SCC(C(=O)NCc2cc3n(n2)CCNC3)NC1=O. The molecule has 2 amide bonds. The summed E-state index contributed by atoms with van der Waals surface area (Å²) in [7, 11) is 0. The van der Waals surface area contributed by atoms with Crippen molar-refractivity contribution < 1.29 is 9.59 Å². The molecular formula is C14H21N5O2S. The van der Waals surface area contributed by atoms with Gasteiger partial charge in [-0.05, 0) is 19.9 Å². The van der Waals surface area contributed by atoms with Gasteiger partial charge in [-0.1, -0.05) is 0 Å². The van der Waals surface area contributed by atoms with Crippen LogP contribution < -0.4 is 16.0 Å². The number of carbonyl (C=O) groups is 2. The molecule has 22 heavy (non-hydrogen) atoms. The minimum atomic E-state index is -0.468. The van der Waals surface area contributed by atoms with E-state index in [0.29, 0.717) is 12.3 Å². The van der Waals surface area contributed by atoms with E-state index in [2.05, 4.69) is 21.0 Å². The summed E-state index contributed by atoms with van der Waals surface area (Å²) < 4.78 is 1.51. The van der Waals surface area contributed by atoms with Gasteiger partial charge in [-0.2, -0.15) is 5.10 Å². The molecule has 1 unspecified atom stereocenters. The van der Waals surface area contributed by atoms with Gasteiger partial charge in [0, 0.05) is 18.8 Å². The zero-order valence-electron chi connectivity index (χ0n) is 12.8. The van der Waals surface area contributed by atoms with Crippen LogP contribution in [0.1, 0.15) is 25.2 Å². The second-order valence-corrected chi connectivity index (χ2v) is 7.73. The molecule has 0 radical (unpaired) electrons. The number of rotatable bonds is 3. The van der Waals surface area contributed by atoms with E-state index in [1.807, 2.05) is 24.6 Å². The highest BCUT2D eigenvalue weighted by atomic mass is 32.2. The third-order valence-electron chi connectivity index (χ3n) is 3.94. The van der Waals surface area contributed by atoms with Crippen molar-refractivity contribution in [1.82, 2.24) is 25.7 Å². The van der Waals surface area contributed by atoms with Crippen LogP contribution in [0, 0.1) is 0 Å². The van der Waals surface area contributed by atoms with Gasteiger partial charge in [-0.25, -0.2) is 0 Å². The smallest absolute Gasteiger partial charge is 0.243 e. The molecule has 0 aromatic carbocycles. The minimum absolute atomic E-state index is 0.0903. The maximum atomic E-state index is 12.2. The Morgan fingerprint density at radius 2 is 2.41 bits per heavy atom. The predicted molar refractivity (Wildman–Crippen MR) is 84.2 cm³/mol. The normalized spacial score (nSPS) is 23.5. The largest absolute Gasteiger partial charge is 0.349 e. The summed E-state index contributed by atoms with van der Waals surface area (Å²) in [5.41, 5.74) is 1.99. The van der Waals surface area contributed by atoms with Crippen molar-refractivity contribution in [2.75, 3.05) is 12.3 Å². The van der Waals surface area contributed by atoms with Gasteiger partial charge in [-0.3, -0.25) is 14.3 Å². The van der Waals surface area contributed by atoms with Crippen LogP contribution in [0.2, 0.25) is 0 Å². The summed E-state index contributed by atoms with van der Waals surface area (Å²) in [6.07, 6.45) is 0. The third kappa shape index (κ3) is 3.12. The molecule has 7 nitrogen and oxygen atoms in total. The van der Waals surface area contributed by atoms with E-state index in [-0.39, 0.29) is 11.8 Å². The Morgan fingerprint density at radius 3 is 3.14 bits per heavy atom. The van der Waals surface area contributed by atoms with Gasteiger partial charge in [0.1, 0.15) is 6.04 Å². The Balaban J connectivity index is 1.54. The second-order valence-electron chi connectivity index (χ2n) is 6.09. The lowest BCUT2D eigenvalue weighted by Gasteiger charge is -2.32. The Kier molecular flexibility index (Phi) is 4.14. The summed E-state index contributed by atoms with van der Waals surface area (Å²) in [4.78, 5) is 24.1. The van der Waals surface area contributed by atoms with Crippen LogP contribution in [0.4, 0.5) is 0 Å². The first kappa shape index (κ1) is 15.4. The van der Waals surface area contributed by atoms with Crippen molar-refractivity contribution in [3.8, 4) is 0 Å². The molecule has 120 valence electrons. The average Bonchev–Trinajstić information content (AvgIpc) is 2.90. The number of nitrogens with zero attached hydrogens (tertiary/aromatic N) is 2. The molecule has 1 aromatic rings. The lowest BCUT2D eigenvalue weighted by atomic mass is 10.1. The number of thioether (sulfide) groups is 1. The Bertz CT molecular complexity index is 575. The van der Waals surface area contributed by atoms with Crippen LogP contribution in [-0.2, 0) is 29.2 Å². The molecule has 3 N–H and O–H groups in total. The van der Waals surface area contributed by atoms with E-state index in [4.69, 9.17) is 0 Å². The predicted octanol–water partition coefficient (Wildman–Crippen LogP) is -0.387. The van der Waals surface area contributed by atoms with Gasteiger partial charge in [0.05, 0.1) is 29.2 Å². The average molecular weight is 323 g/mol. The van der Waals surface area contributed by atoms with Gasteiger partial charge in [0.2, 0.25) is 11.8 Å². The Morgan fingerprint density at radius 1 is 1.59 bits per heavy atom. The first-order chi connectivity index (χ1) is 10.5. The highest BCUT2D eigenvalue weighted by molar-refractivity contribution is 8.01. The number of hydrogen-bond donors (Lipinski definition) is 3. The van der Waals surface area contributed by atoms with Gasteiger partial charge in [0.25, 0.3) is 0 Å². The van der Waals surface area contributed by atoms with Crippen molar-refractivity contribution in [3.63, 3.8) is 0 Å². The highest BCUT2D eigenvalue weighted by Crippen LogP contribution is 2.28. The molecule has 1 atom stereocenters. The van der Waals surface area contributed by atoms with E-state index in [9.17, 15) is 9.59 Å². The fourth-order valence-electron chi connectivity index (χ4n) is 2.51. The van der Waals surface area contributed by atoms with Crippen LogP contribution in [0.3, 0.4) is 0 Å². The van der Waals surface area contributed by atoms with E-state index in [0.717, 1.165) is 31.0 Å². The zero-order valence-corrected chi connectivity index (χ0v) is 13.6. The first-order valence-corrected chi connectivity index (χ1v) is 8.43. The standard InChI is InChI=1S/C14H21N5O2S/c1-14(2)13(21)17-11(8-22-14)12(20)16-6-9-5-10-7-15-3-4-19(10)18-9/h5,11,15H,3-4,6-8H2,1-2H3,(H,16,20)(H,17,21). The maximum Gasteiger partial charge on any atom is 0.243 e. The molecule has 2 aliphatic rings. The number of hydrogen-bond acceptors (Lipinski definition) is 5. The number of nitrogens with one attached hydrogen (secondary N) is 3. The molecule has 0 bridgehead atoms. The molecule has 2 aliphatic heterocycles. The summed E-state index contributed by atoms with van der Waals surface area (Å²) in [6, 6.07) is 1.54. The van der Waals surface area contributed by atoms with E-state index in [1.54, 1.807) is 0 Å². The van der Waals surface area contributed by atoms with Gasteiger partial charge in [0.15, 0.2) is 0 Å². The topological polar surface area (TPSA) is 88.1 Å². The number of carbonyl (C=O) groups excluding carboxylic acids is 2. The molecular weight excluding hydrogens is 302 g/mol. The molecule has 1 fully saturated rings. The van der Waals surface area contributed by atoms with Crippen molar-refractivity contribution >= 4 is 23.6 Å². The van der Waals surface area contributed by atoms with Crippen LogP contribution >= 0.6 is 11.8 Å². The molecule has 1 aromatic heterocycles. The zero-order chi connectivity index (χ0) is 15.7. The molecule has 8 heteroatoms. The fraction of sp³-hybridized carbons (Fsp3) is 0.643. The fourth-order valence-corrected chi connectivity index (χ4v) is 3.52. The Hall–Kier alpha value is -1.54. The second kappa shape index (κ2) is 5.92. The molecule has 1 saturated heterocycles. The molecule has 0 aliphatic carbocycles. The van der Waals surface area contributed by atoms with Crippen molar-refractivity contribution in [1.29, 1.82) is 0 Å². The lowest BCUT2D eigenvalue weighted by molar-refractivity contribution is -0.129.